The molecule has 2 aromatic rings. The van der Waals surface area contributed by atoms with E-state index in [1.54, 1.807) is 6.92 Å². The van der Waals surface area contributed by atoms with Gasteiger partial charge in [0.05, 0.1) is 23.7 Å². The number of hydrogen-bond donors (Lipinski definition) is 2. The summed E-state index contributed by atoms with van der Waals surface area (Å²) in [5, 5.41) is 29.7. The largest absolute Gasteiger partial charge is 0.494 e. The highest BCUT2D eigenvalue weighted by Gasteiger charge is 2.26. The Balaban J connectivity index is 2.32. The van der Waals surface area contributed by atoms with E-state index in [1.165, 1.54) is 18.2 Å². The van der Waals surface area contributed by atoms with Crippen molar-refractivity contribution in [1.29, 1.82) is 0 Å². The topological polar surface area (TPSA) is 158 Å². The minimum absolute atomic E-state index is 0.0301. The first-order chi connectivity index (χ1) is 12.4. The minimum Gasteiger partial charge on any atom is -0.494 e. The van der Waals surface area contributed by atoms with Crippen LogP contribution in [-0.2, 0) is 9.53 Å². The Morgan fingerprint density at radius 3 is 2.77 bits per heavy atom. The second-order valence-corrected chi connectivity index (χ2v) is 5.02. The third-order valence-corrected chi connectivity index (χ3v) is 3.24. The van der Waals surface area contributed by atoms with E-state index in [4.69, 9.17) is 14.6 Å². The molecule has 1 aromatic carbocycles. The number of aromatic amines is 1. The average molecular weight is 364 g/mol. The third kappa shape index (κ3) is 4.53. The van der Waals surface area contributed by atoms with E-state index in [2.05, 4.69) is 15.4 Å². The van der Waals surface area contributed by atoms with Crippen LogP contribution in [0.4, 0.5) is 5.69 Å². The first kappa shape index (κ1) is 18.8. The highest BCUT2D eigenvalue weighted by molar-refractivity contribution is 5.95. The molecular formula is C15H16N4O7. The van der Waals surface area contributed by atoms with Gasteiger partial charge in [-0.15, -0.1) is 5.10 Å². The van der Waals surface area contributed by atoms with E-state index in [0.29, 0.717) is 0 Å². The zero-order chi connectivity index (χ0) is 19.1. The molecule has 0 aliphatic carbocycles. The van der Waals surface area contributed by atoms with Crippen LogP contribution >= 0.6 is 0 Å². The second kappa shape index (κ2) is 8.55. The fraction of sp³-hybridized carbons (Fsp3) is 0.333. The van der Waals surface area contributed by atoms with Crippen LogP contribution in [-0.4, -0.2) is 50.6 Å². The van der Waals surface area contributed by atoms with Gasteiger partial charge in [0.25, 0.3) is 5.69 Å². The van der Waals surface area contributed by atoms with Crippen molar-refractivity contribution in [1.82, 2.24) is 15.4 Å². The fourth-order valence-electron chi connectivity index (χ4n) is 2.13. The predicted molar refractivity (Wildman–Crippen MR) is 86.8 cm³/mol. The van der Waals surface area contributed by atoms with E-state index in [9.17, 15) is 19.7 Å². The zero-order valence-electron chi connectivity index (χ0n) is 13.8. The predicted octanol–water partition coefficient (Wildman–Crippen LogP) is 1.80. The van der Waals surface area contributed by atoms with Crippen LogP contribution in [0, 0.1) is 10.1 Å². The summed E-state index contributed by atoms with van der Waals surface area (Å²) in [7, 11) is 0. The summed E-state index contributed by atoms with van der Waals surface area (Å²) in [5.74, 6) is -1.44. The number of hydrogen-bond acceptors (Lipinski definition) is 8. The quantitative estimate of drug-likeness (QED) is 0.293. The maximum absolute atomic E-state index is 11.9. The molecule has 0 bridgehead atoms. The lowest BCUT2D eigenvalue weighted by Gasteiger charge is -2.08. The Labute approximate surface area is 147 Å². The van der Waals surface area contributed by atoms with E-state index < -0.39 is 16.9 Å². The lowest BCUT2D eigenvalue weighted by atomic mass is 10.1. The molecule has 0 amide bonds. The molecule has 2 N–H and O–H groups in total. The number of aliphatic carboxylic acids is 1. The molecule has 0 fully saturated rings. The van der Waals surface area contributed by atoms with Crippen molar-refractivity contribution >= 4 is 17.6 Å². The number of rotatable bonds is 9. The molecule has 1 aromatic heterocycles. The average Bonchev–Trinajstić information content (AvgIpc) is 3.08. The van der Waals surface area contributed by atoms with Crippen LogP contribution in [0.15, 0.2) is 18.2 Å². The number of nitro groups is 1. The maximum atomic E-state index is 11.9. The lowest BCUT2D eigenvalue weighted by Crippen LogP contribution is -2.07. The van der Waals surface area contributed by atoms with Gasteiger partial charge >= 0.3 is 11.9 Å². The van der Waals surface area contributed by atoms with Crippen molar-refractivity contribution < 1.29 is 29.1 Å². The van der Waals surface area contributed by atoms with Crippen molar-refractivity contribution in [2.75, 3.05) is 13.2 Å². The van der Waals surface area contributed by atoms with E-state index >= 15 is 0 Å². The van der Waals surface area contributed by atoms with Crippen LogP contribution in [0.5, 0.6) is 5.75 Å². The Bertz CT molecular complexity index is 818. The van der Waals surface area contributed by atoms with Gasteiger partial charge in [-0.2, -0.15) is 10.3 Å². The molecule has 0 saturated carbocycles. The molecule has 11 heteroatoms. The first-order valence-corrected chi connectivity index (χ1v) is 7.65. The smallest absolute Gasteiger partial charge is 0.361 e. The summed E-state index contributed by atoms with van der Waals surface area (Å²) in [5.41, 5.74) is -0.478. The summed E-state index contributed by atoms with van der Waals surface area (Å²) in [6, 6.07) is 3.94. The van der Waals surface area contributed by atoms with Gasteiger partial charge < -0.3 is 14.6 Å². The standard InChI is InChI=1S/C15H16N4O7/c1-2-25-15(22)14-13(16-18-17-14)10-8-9(5-6-11(10)19(23)24)26-7-3-4-12(20)21/h5-6,8H,2-4,7H2,1H3,(H,20,21)(H,16,17,18). The number of ether oxygens (including phenoxy) is 2. The van der Waals surface area contributed by atoms with Gasteiger partial charge in [0.2, 0.25) is 0 Å². The number of nitrogens with zero attached hydrogens (tertiary/aromatic N) is 3. The van der Waals surface area contributed by atoms with Gasteiger partial charge in [0, 0.05) is 12.5 Å². The summed E-state index contributed by atoms with van der Waals surface area (Å²) in [6.07, 6.45) is 0.218. The highest BCUT2D eigenvalue weighted by Crippen LogP contribution is 2.33. The molecular weight excluding hydrogens is 348 g/mol. The van der Waals surface area contributed by atoms with Crippen molar-refractivity contribution in [2.45, 2.75) is 19.8 Å². The Morgan fingerprint density at radius 2 is 2.12 bits per heavy atom. The van der Waals surface area contributed by atoms with Crippen LogP contribution in [0.3, 0.4) is 0 Å². The SMILES string of the molecule is CCOC(=O)c1n[nH]nc1-c1cc(OCCCC(=O)O)ccc1[N+](=O)[O-]. The van der Waals surface area contributed by atoms with Crippen LogP contribution in [0.2, 0.25) is 0 Å². The molecule has 138 valence electrons. The molecule has 0 aliphatic heterocycles. The number of benzene rings is 1. The summed E-state index contributed by atoms with van der Waals surface area (Å²) in [6.45, 7) is 1.85. The molecule has 0 saturated heterocycles. The van der Waals surface area contributed by atoms with Crippen molar-refractivity contribution in [3.63, 3.8) is 0 Å². The van der Waals surface area contributed by atoms with Gasteiger partial charge in [0.1, 0.15) is 11.4 Å². The number of carbonyl (C=O) groups excluding carboxylic acids is 1. The van der Waals surface area contributed by atoms with E-state index in [0.717, 1.165) is 0 Å². The number of carboxylic acid groups (broad SMARTS) is 1. The lowest BCUT2D eigenvalue weighted by molar-refractivity contribution is -0.384. The Hall–Kier alpha value is -3.50. The highest BCUT2D eigenvalue weighted by atomic mass is 16.6. The van der Waals surface area contributed by atoms with Gasteiger partial charge in [0.15, 0.2) is 5.69 Å². The summed E-state index contributed by atoms with van der Waals surface area (Å²) in [4.78, 5) is 33.1. The first-order valence-electron chi connectivity index (χ1n) is 7.65. The second-order valence-electron chi connectivity index (χ2n) is 5.02. The molecule has 0 spiro atoms. The Morgan fingerprint density at radius 1 is 1.35 bits per heavy atom. The Kier molecular flexibility index (Phi) is 6.20. The monoisotopic (exact) mass is 364 g/mol. The molecule has 11 nitrogen and oxygen atoms in total. The van der Waals surface area contributed by atoms with E-state index in [-0.39, 0.29) is 54.4 Å². The molecule has 0 aliphatic rings. The van der Waals surface area contributed by atoms with Crippen molar-refractivity contribution in [3.8, 4) is 17.0 Å². The normalized spacial score (nSPS) is 10.3. The minimum atomic E-state index is -0.945. The van der Waals surface area contributed by atoms with Gasteiger partial charge in [-0.3, -0.25) is 14.9 Å². The molecule has 0 radical (unpaired) electrons. The summed E-state index contributed by atoms with van der Waals surface area (Å²) >= 11 is 0. The van der Waals surface area contributed by atoms with E-state index in [1.807, 2.05) is 0 Å². The van der Waals surface area contributed by atoms with Gasteiger partial charge in [-0.1, -0.05) is 0 Å². The molecule has 1 heterocycles. The van der Waals surface area contributed by atoms with Crippen LogP contribution in [0.25, 0.3) is 11.3 Å². The van der Waals surface area contributed by atoms with Crippen LogP contribution in [0.1, 0.15) is 30.3 Å². The maximum Gasteiger partial charge on any atom is 0.361 e. The number of nitrogens with one attached hydrogen (secondary N) is 1. The zero-order valence-corrected chi connectivity index (χ0v) is 13.8. The van der Waals surface area contributed by atoms with Gasteiger partial charge in [-0.25, -0.2) is 4.79 Å². The molecule has 26 heavy (non-hydrogen) atoms. The fourth-order valence-corrected chi connectivity index (χ4v) is 2.13. The number of H-pyrrole nitrogens is 1. The van der Waals surface area contributed by atoms with Crippen molar-refractivity contribution in [2.24, 2.45) is 0 Å². The number of carboxylic acids is 1. The van der Waals surface area contributed by atoms with Crippen molar-refractivity contribution in [3.05, 3.63) is 34.0 Å². The molecule has 2 rings (SSSR count). The number of nitro benzene ring substituents is 1. The third-order valence-electron chi connectivity index (χ3n) is 3.24. The summed E-state index contributed by atoms with van der Waals surface area (Å²) < 4.78 is 10.3. The van der Waals surface area contributed by atoms with Crippen LogP contribution < -0.4 is 4.74 Å². The number of esters is 1. The van der Waals surface area contributed by atoms with Gasteiger partial charge in [-0.05, 0) is 25.5 Å². The molecule has 0 unspecified atom stereocenters. The molecule has 0 atom stereocenters. The number of carbonyl (C=O) groups is 2. The number of aromatic nitrogens is 3.